The van der Waals surface area contributed by atoms with Crippen molar-refractivity contribution in [3.05, 3.63) is 35.4 Å². The number of nitrogens with zero attached hydrogens (tertiary/aromatic N) is 5. The van der Waals surface area contributed by atoms with Gasteiger partial charge in [-0.25, -0.2) is 0 Å². The highest BCUT2D eigenvalue weighted by atomic mass is 16.5. The second-order valence-corrected chi connectivity index (χ2v) is 8.27. The lowest BCUT2D eigenvalue weighted by Crippen LogP contribution is -2.39. The molecular weight excluding hydrogens is 424 g/mol. The minimum absolute atomic E-state index is 0.324. The molecule has 5 rings (SSSR count). The largest absolute Gasteiger partial charge is 0.508 e. The molecule has 0 unspecified atom stereocenters. The molecule has 0 atom stereocenters. The van der Waals surface area contributed by atoms with Crippen molar-refractivity contribution >= 4 is 17.3 Å². The number of fused-ring (bicyclic) bond motifs is 1. The number of rotatable bonds is 7. The maximum atomic E-state index is 10.1. The number of ether oxygens (including phenoxy) is 3. The highest BCUT2D eigenvalue weighted by molar-refractivity contribution is 6.05. The molecule has 2 saturated heterocycles. The van der Waals surface area contributed by atoms with Crippen LogP contribution >= 0.6 is 0 Å². The fourth-order valence-corrected chi connectivity index (χ4v) is 4.31. The Bertz CT molecular complexity index is 989. The number of nitrogens with one attached hydrogen (secondary N) is 1. The van der Waals surface area contributed by atoms with Gasteiger partial charge in [0.15, 0.2) is 5.82 Å². The monoisotopic (exact) mass is 454 g/mol. The third-order valence-corrected chi connectivity index (χ3v) is 6.15. The first-order valence-electron chi connectivity index (χ1n) is 11.5. The van der Waals surface area contributed by atoms with Gasteiger partial charge in [0.25, 0.3) is 0 Å². The molecule has 0 radical (unpaired) electrons. The van der Waals surface area contributed by atoms with Gasteiger partial charge in [0, 0.05) is 49.9 Å². The van der Waals surface area contributed by atoms with Crippen LogP contribution in [-0.2, 0) is 15.9 Å². The van der Waals surface area contributed by atoms with Crippen LogP contribution in [0.3, 0.4) is 0 Å². The molecule has 176 valence electrons. The minimum atomic E-state index is 0.324. The van der Waals surface area contributed by atoms with Crippen molar-refractivity contribution in [1.82, 2.24) is 14.9 Å². The van der Waals surface area contributed by atoms with Crippen molar-refractivity contribution in [1.29, 1.82) is 0 Å². The van der Waals surface area contributed by atoms with Crippen molar-refractivity contribution in [2.75, 3.05) is 76.1 Å². The summed E-state index contributed by atoms with van der Waals surface area (Å²) in [6.07, 6.45) is 1.55. The van der Waals surface area contributed by atoms with Crippen LogP contribution in [0.4, 0.5) is 11.6 Å². The zero-order chi connectivity index (χ0) is 22.5. The summed E-state index contributed by atoms with van der Waals surface area (Å²) >= 11 is 0. The average molecular weight is 455 g/mol. The van der Waals surface area contributed by atoms with Crippen LogP contribution in [0, 0.1) is 0 Å². The van der Waals surface area contributed by atoms with E-state index < -0.39 is 0 Å². The van der Waals surface area contributed by atoms with Gasteiger partial charge in [-0.05, 0) is 18.9 Å². The number of benzene rings is 1. The SMILES string of the molecule is Oc1cccc2c1CCC2=NNc1cc(N2CCOCC2)nc(OCCN2CCOCC2)n1. The molecule has 0 bridgehead atoms. The Labute approximate surface area is 193 Å². The van der Waals surface area contributed by atoms with E-state index in [2.05, 4.69) is 30.3 Å². The molecular formula is C23H30N6O4. The molecule has 0 amide bonds. The maximum Gasteiger partial charge on any atom is 0.320 e. The van der Waals surface area contributed by atoms with Crippen molar-refractivity contribution < 1.29 is 19.3 Å². The Morgan fingerprint density at radius 3 is 2.64 bits per heavy atom. The van der Waals surface area contributed by atoms with Gasteiger partial charge < -0.3 is 24.2 Å². The first-order valence-corrected chi connectivity index (χ1v) is 11.5. The van der Waals surface area contributed by atoms with E-state index in [-0.39, 0.29) is 0 Å². The molecule has 2 aromatic rings. The molecule has 10 heteroatoms. The molecule has 2 aliphatic heterocycles. The first kappa shape index (κ1) is 21.9. The average Bonchev–Trinajstić information content (AvgIpc) is 3.28. The van der Waals surface area contributed by atoms with Crippen molar-refractivity contribution in [2.24, 2.45) is 5.10 Å². The van der Waals surface area contributed by atoms with Crippen LogP contribution < -0.4 is 15.1 Å². The smallest absolute Gasteiger partial charge is 0.320 e. The number of phenolic OH excluding ortho intramolecular Hbond substituents is 1. The minimum Gasteiger partial charge on any atom is -0.508 e. The molecule has 2 fully saturated rings. The second kappa shape index (κ2) is 10.3. The molecule has 3 heterocycles. The molecule has 0 saturated carbocycles. The summed E-state index contributed by atoms with van der Waals surface area (Å²) < 4.78 is 16.8. The van der Waals surface area contributed by atoms with Gasteiger partial charge in [0.1, 0.15) is 18.2 Å². The fourth-order valence-electron chi connectivity index (χ4n) is 4.31. The number of aromatic nitrogens is 2. The summed E-state index contributed by atoms with van der Waals surface area (Å²) in [6, 6.07) is 7.77. The Hall–Kier alpha value is -2.95. The Kier molecular flexibility index (Phi) is 6.84. The summed E-state index contributed by atoms with van der Waals surface area (Å²) in [5.41, 5.74) is 5.93. The van der Waals surface area contributed by atoms with E-state index in [4.69, 9.17) is 14.2 Å². The lowest BCUT2D eigenvalue weighted by molar-refractivity contribution is 0.0317. The van der Waals surface area contributed by atoms with Gasteiger partial charge in [-0.15, -0.1) is 0 Å². The van der Waals surface area contributed by atoms with Gasteiger partial charge in [0.05, 0.1) is 32.1 Å². The highest BCUT2D eigenvalue weighted by Crippen LogP contribution is 2.30. The van der Waals surface area contributed by atoms with E-state index in [0.29, 0.717) is 37.4 Å². The number of hydrogen-bond donors (Lipinski definition) is 2. The zero-order valence-electron chi connectivity index (χ0n) is 18.7. The van der Waals surface area contributed by atoms with Crippen LogP contribution in [0.25, 0.3) is 0 Å². The van der Waals surface area contributed by atoms with Crippen LogP contribution in [0.15, 0.2) is 29.4 Å². The molecule has 33 heavy (non-hydrogen) atoms. The summed E-state index contributed by atoms with van der Waals surface area (Å²) in [4.78, 5) is 13.7. The number of hydrazone groups is 1. The molecule has 1 aliphatic carbocycles. The summed E-state index contributed by atoms with van der Waals surface area (Å²) in [7, 11) is 0. The quantitative estimate of drug-likeness (QED) is 0.602. The van der Waals surface area contributed by atoms with Crippen LogP contribution in [0.5, 0.6) is 11.8 Å². The normalized spacial score (nSPS) is 20.1. The Morgan fingerprint density at radius 1 is 1.03 bits per heavy atom. The summed E-state index contributed by atoms with van der Waals surface area (Å²) in [5, 5.41) is 14.7. The highest BCUT2D eigenvalue weighted by Gasteiger charge is 2.21. The van der Waals surface area contributed by atoms with Crippen molar-refractivity contribution in [3.8, 4) is 11.8 Å². The van der Waals surface area contributed by atoms with E-state index in [1.54, 1.807) is 6.07 Å². The van der Waals surface area contributed by atoms with E-state index in [9.17, 15) is 5.11 Å². The predicted octanol–water partition coefficient (Wildman–Crippen LogP) is 1.49. The van der Waals surface area contributed by atoms with Crippen LogP contribution in [0.2, 0.25) is 0 Å². The van der Waals surface area contributed by atoms with Crippen LogP contribution in [-0.4, -0.2) is 91.4 Å². The summed E-state index contributed by atoms with van der Waals surface area (Å²) in [5.74, 6) is 1.70. The number of anilines is 2. The number of phenols is 1. The molecule has 0 spiro atoms. The molecule has 1 aromatic carbocycles. The molecule has 1 aromatic heterocycles. The van der Waals surface area contributed by atoms with Gasteiger partial charge in [0.2, 0.25) is 0 Å². The maximum absolute atomic E-state index is 10.1. The van der Waals surface area contributed by atoms with E-state index in [1.807, 2.05) is 18.2 Å². The fraction of sp³-hybridized carbons (Fsp3) is 0.522. The zero-order valence-corrected chi connectivity index (χ0v) is 18.7. The second-order valence-electron chi connectivity index (χ2n) is 8.27. The van der Waals surface area contributed by atoms with Gasteiger partial charge in [-0.1, -0.05) is 12.1 Å². The van der Waals surface area contributed by atoms with Gasteiger partial charge in [-0.2, -0.15) is 15.1 Å². The van der Waals surface area contributed by atoms with Gasteiger partial charge >= 0.3 is 6.01 Å². The van der Waals surface area contributed by atoms with Gasteiger partial charge in [-0.3, -0.25) is 10.3 Å². The topological polar surface area (TPSA) is 105 Å². The van der Waals surface area contributed by atoms with Crippen molar-refractivity contribution in [2.45, 2.75) is 12.8 Å². The first-order chi connectivity index (χ1) is 16.3. The number of morpholine rings is 2. The Balaban J connectivity index is 1.31. The lowest BCUT2D eigenvalue weighted by atomic mass is 10.1. The molecule has 3 aliphatic rings. The van der Waals surface area contributed by atoms with Crippen LogP contribution in [0.1, 0.15) is 17.5 Å². The van der Waals surface area contributed by atoms with E-state index in [0.717, 1.165) is 81.4 Å². The van der Waals surface area contributed by atoms with E-state index in [1.165, 1.54) is 0 Å². The Morgan fingerprint density at radius 2 is 1.82 bits per heavy atom. The standard InChI is InChI=1S/C23H30N6O4/c30-20-3-1-2-17-18(20)4-5-19(17)26-27-21-16-22(29-9-13-32-14-10-29)25-23(24-21)33-15-8-28-6-11-31-12-7-28/h1-3,16,30H,4-15H2,(H,24,25,27). The predicted molar refractivity (Wildman–Crippen MR) is 124 cm³/mol. The third-order valence-electron chi connectivity index (χ3n) is 6.15. The van der Waals surface area contributed by atoms with Crippen molar-refractivity contribution in [3.63, 3.8) is 0 Å². The number of aromatic hydroxyl groups is 1. The van der Waals surface area contributed by atoms with E-state index >= 15 is 0 Å². The molecule has 2 N–H and O–H groups in total. The lowest BCUT2D eigenvalue weighted by Gasteiger charge is -2.28. The third kappa shape index (κ3) is 5.35. The summed E-state index contributed by atoms with van der Waals surface area (Å²) in [6.45, 7) is 7.54. The number of hydrogen-bond acceptors (Lipinski definition) is 10. The molecule has 10 nitrogen and oxygen atoms in total.